The highest BCUT2D eigenvalue weighted by molar-refractivity contribution is 5.81. The van der Waals surface area contributed by atoms with Crippen molar-refractivity contribution in [3.05, 3.63) is 18.2 Å². The third kappa shape index (κ3) is 5.36. The summed E-state index contributed by atoms with van der Waals surface area (Å²) in [7, 11) is 4.81. The lowest BCUT2D eigenvalue weighted by molar-refractivity contribution is -0.119. The molecule has 0 saturated carbocycles. The van der Waals surface area contributed by atoms with E-state index in [9.17, 15) is 4.79 Å². The Morgan fingerprint density at radius 3 is 2.65 bits per heavy atom. The van der Waals surface area contributed by atoms with E-state index >= 15 is 0 Å². The van der Waals surface area contributed by atoms with Gasteiger partial charge >= 0.3 is 0 Å². The van der Waals surface area contributed by atoms with Crippen LogP contribution >= 0.6 is 0 Å². The highest BCUT2D eigenvalue weighted by Crippen LogP contribution is 2.28. The van der Waals surface area contributed by atoms with Crippen LogP contribution in [0.1, 0.15) is 6.42 Å². The molecule has 112 valence electrons. The Bertz CT molecular complexity index is 424. The topological polar surface area (TPSA) is 68.8 Å². The van der Waals surface area contributed by atoms with E-state index in [-0.39, 0.29) is 12.5 Å². The van der Waals surface area contributed by atoms with Gasteiger partial charge in [-0.05, 0) is 18.6 Å². The number of amides is 1. The molecule has 0 aliphatic rings. The van der Waals surface area contributed by atoms with E-state index in [4.69, 9.17) is 14.2 Å². The van der Waals surface area contributed by atoms with E-state index in [2.05, 4.69) is 10.6 Å². The molecule has 1 aromatic rings. The van der Waals surface area contributed by atoms with E-state index in [0.717, 1.165) is 12.1 Å². The van der Waals surface area contributed by atoms with Crippen molar-refractivity contribution in [3.63, 3.8) is 0 Å². The van der Waals surface area contributed by atoms with Gasteiger partial charge in [-0.3, -0.25) is 4.79 Å². The zero-order chi connectivity index (χ0) is 14.8. The summed E-state index contributed by atoms with van der Waals surface area (Å²) in [5.41, 5.74) is 0.721. The zero-order valence-corrected chi connectivity index (χ0v) is 12.2. The van der Waals surface area contributed by atoms with Gasteiger partial charge in [-0.15, -0.1) is 0 Å². The van der Waals surface area contributed by atoms with Crippen LogP contribution in [0.4, 0.5) is 5.69 Å². The predicted octanol–water partition coefficient (Wildman–Crippen LogP) is 1.27. The predicted molar refractivity (Wildman–Crippen MR) is 77.5 cm³/mol. The molecular weight excluding hydrogens is 260 g/mol. The van der Waals surface area contributed by atoms with E-state index in [1.165, 1.54) is 0 Å². The second-order valence-corrected chi connectivity index (χ2v) is 4.12. The van der Waals surface area contributed by atoms with Crippen LogP contribution in [0.3, 0.4) is 0 Å². The van der Waals surface area contributed by atoms with Gasteiger partial charge in [0.05, 0.1) is 26.5 Å². The van der Waals surface area contributed by atoms with Gasteiger partial charge in [-0.2, -0.15) is 0 Å². The first-order valence-corrected chi connectivity index (χ1v) is 6.42. The quantitative estimate of drug-likeness (QED) is 0.668. The Balaban J connectivity index is 2.45. The minimum atomic E-state index is -0.0778. The molecule has 1 rings (SSSR count). The maximum atomic E-state index is 11.6. The molecule has 0 radical (unpaired) electrons. The summed E-state index contributed by atoms with van der Waals surface area (Å²) in [6.07, 6.45) is 0.796. The summed E-state index contributed by atoms with van der Waals surface area (Å²) in [6, 6.07) is 5.38. The van der Waals surface area contributed by atoms with Crippen LogP contribution < -0.4 is 20.1 Å². The number of methoxy groups -OCH3 is 3. The molecule has 0 atom stereocenters. The van der Waals surface area contributed by atoms with Crippen molar-refractivity contribution in [3.8, 4) is 11.5 Å². The molecule has 2 N–H and O–H groups in total. The van der Waals surface area contributed by atoms with Crippen molar-refractivity contribution in [2.75, 3.05) is 46.3 Å². The standard InChI is InChI=1S/C14H22N2O4/c1-18-8-4-7-15-14(17)10-16-12-9-11(19-2)5-6-13(12)20-3/h5-6,9,16H,4,7-8,10H2,1-3H3,(H,15,17). The molecule has 0 aliphatic heterocycles. The van der Waals surface area contributed by atoms with E-state index in [0.29, 0.717) is 24.7 Å². The van der Waals surface area contributed by atoms with Crippen LogP contribution in [-0.2, 0) is 9.53 Å². The average Bonchev–Trinajstić information content (AvgIpc) is 2.49. The number of carbonyl (C=O) groups excluding carboxylic acids is 1. The van der Waals surface area contributed by atoms with E-state index in [1.54, 1.807) is 39.5 Å². The molecule has 6 heteroatoms. The Morgan fingerprint density at radius 2 is 2.00 bits per heavy atom. The van der Waals surface area contributed by atoms with Gasteiger partial charge in [-0.1, -0.05) is 0 Å². The van der Waals surface area contributed by atoms with Crippen LogP contribution in [0.2, 0.25) is 0 Å². The number of nitrogens with one attached hydrogen (secondary N) is 2. The number of rotatable bonds is 9. The first-order chi connectivity index (χ1) is 9.71. The number of hydrogen-bond acceptors (Lipinski definition) is 5. The Morgan fingerprint density at radius 1 is 1.20 bits per heavy atom. The Labute approximate surface area is 119 Å². The van der Waals surface area contributed by atoms with Crippen LogP contribution in [-0.4, -0.2) is 46.9 Å². The van der Waals surface area contributed by atoms with Crippen LogP contribution in [0.15, 0.2) is 18.2 Å². The maximum Gasteiger partial charge on any atom is 0.239 e. The average molecular weight is 282 g/mol. The van der Waals surface area contributed by atoms with Gasteiger partial charge in [0.15, 0.2) is 0 Å². The van der Waals surface area contributed by atoms with Gasteiger partial charge in [0.25, 0.3) is 0 Å². The summed E-state index contributed by atoms with van der Waals surface area (Å²) < 4.78 is 15.3. The van der Waals surface area contributed by atoms with Crippen molar-refractivity contribution in [2.45, 2.75) is 6.42 Å². The lowest BCUT2D eigenvalue weighted by atomic mass is 10.2. The zero-order valence-electron chi connectivity index (χ0n) is 12.2. The summed E-state index contributed by atoms with van der Waals surface area (Å²) >= 11 is 0. The molecule has 0 bridgehead atoms. The van der Waals surface area contributed by atoms with Crippen molar-refractivity contribution in [1.82, 2.24) is 5.32 Å². The van der Waals surface area contributed by atoms with Crippen LogP contribution in [0.5, 0.6) is 11.5 Å². The van der Waals surface area contributed by atoms with Crippen LogP contribution in [0.25, 0.3) is 0 Å². The minimum absolute atomic E-state index is 0.0778. The maximum absolute atomic E-state index is 11.6. The second-order valence-electron chi connectivity index (χ2n) is 4.12. The molecule has 0 aliphatic carbocycles. The van der Waals surface area contributed by atoms with Gasteiger partial charge in [0.2, 0.25) is 5.91 Å². The summed E-state index contributed by atoms with van der Waals surface area (Å²) in [6.45, 7) is 1.41. The Kier molecular flexibility index (Phi) is 7.27. The van der Waals surface area contributed by atoms with E-state index < -0.39 is 0 Å². The number of anilines is 1. The first kappa shape index (κ1) is 16.1. The van der Waals surface area contributed by atoms with Gasteiger partial charge < -0.3 is 24.8 Å². The number of ether oxygens (including phenoxy) is 3. The largest absolute Gasteiger partial charge is 0.497 e. The molecule has 1 aromatic carbocycles. The van der Waals surface area contributed by atoms with Crippen molar-refractivity contribution in [1.29, 1.82) is 0 Å². The van der Waals surface area contributed by atoms with Crippen molar-refractivity contribution >= 4 is 11.6 Å². The number of carbonyl (C=O) groups is 1. The van der Waals surface area contributed by atoms with Gasteiger partial charge in [0, 0.05) is 26.3 Å². The lowest BCUT2D eigenvalue weighted by Crippen LogP contribution is -2.31. The summed E-state index contributed by atoms with van der Waals surface area (Å²) in [5.74, 6) is 1.29. The molecule has 0 spiro atoms. The fourth-order valence-electron chi connectivity index (χ4n) is 1.63. The third-order valence-electron chi connectivity index (χ3n) is 2.69. The molecule has 0 heterocycles. The summed E-state index contributed by atoms with van der Waals surface area (Å²) in [4.78, 5) is 11.6. The SMILES string of the molecule is COCCCNC(=O)CNc1cc(OC)ccc1OC. The molecule has 20 heavy (non-hydrogen) atoms. The fraction of sp³-hybridized carbons (Fsp3) is 0.500. The number of benzene rings is 1. The molecular formula is C14H22N2O4. The normalized spacial score (nSPS) is 9.95. The van der Waals surface area contributed by atoms with Crippen LogP contribution in [0, 0.1) is 0 Å². The summed E-state index contributed by atoms with van der Waals surface area (Å²) in [5, 5.41) is 5.83. The number of hydrogen-bond donors (Lipinski definition) is 2. The Hall–Kier alpha value is -1.95. The van der Waals surface area contributed by atoms with E-state index in [1.807, 2.05) is 0 Å². The highest BCUT2D eigenvalue weighted by atomic mass is 16.5. The smallest absolute Gasteiger partial charge is 0.239 e. The molecule has 1 amide bonds. The molecule has 0 saturated heterocycles. The molecule has 6 nitrogen and oxygen atoms in total. The van der Waals surface area contributed by atoms with Gasteiger partial charge in [0.1, 0.15) is 11.5 Å². The highest BCUT2D eigenvalue weighted by Gasteiger charge is 2.06. The lowest BCUT2D eigenvalue weighted by Gasteiger charge is -2.12. The first-order valence-electron chi connectivity index (χ1n) is 6.42. The molecule has 0 aromatic heterocycles. The fourth-order valence-corrected chi connectivity index (χ4v) is 1.63. The van der Waals surface area contributed by atoms with Crippen molar-refractivity contribution in [2.24, 2.45) is 0 Å². The molecule has 0 fully saturated rings. The minimum Gasteiger partial charge on any atom is -0.497 e. The monoisotopic (exact) mass is 282 g/mol. The van der Waals surface area contributed by atoms with Gasteiger partial charge in [-0.25, -0.2) is 0 Å². The third-order valence-corrected chi connectivity index (χ3v) is 2.69. The van der Waals surface area contributed by atoms with Crippen molar-refractivity contribution < 1.29 is 19.0 Å². The second kappa shape index (κ2) is 9.03. The molecule has 0 unspecified atom stereocenters.